The number of amides is 1. The summed E-state index contributed by atoms with van der Waals surface area (Å²) in [6, 6.07) is 8.73. The summed E-state index contributed by atoms with van der Waals surface area (Å²) in [6.07, 6.45) is 4.30. The van der Waals surface area contributed by atoms with Crippen molar-refractivity contribution in [3.05, 3.63) is 41.2 Å². The van der Waals surface area contributed by atoms with Gasteiger partial charge >= 0.3 is 0 Å². The highest BCUT2D eigenvalue weighted by Gasteiger charge is 2.50. The van der Waals surface area contributed by atoms with Gasteiger partial charge in [-0.2, -0.15) is 0 Å². The van der Waals surface area contributed by atoms with Crippen molar-refractivity contribution in [1.29, 1.82) is 0 Å². The Morgan fingerprint density at radius 2 is 1.76 bits per heavy atom. The Labute approximate surface area is 177 Å². The van der Waals surface area contributed by atoms with E-state index in [1.165, 1.54) is 17.7 Å². The normalized spacial score (nSPS) is 24.6. The lowest BCUT2D eigenvalue weighted by molar-refractivity contribution is -0.128. The second kappa shape index (κ2) is 7.19. The van der Waals surface area contributed by atoms with Crippen LogP contribution in [-0.4, -0.2) is 45.3 Å². The van der Waals surface area contributed by atoms with Crippen molar-refractivity contribution in [3.8, 4) is 0 Å². The van der Waals surface area contributed by atoms with Crippen molar-refractivity contribution in [1.82, 2.24) is 4.90 Å². The number of likely N-dealkylation sites (tertiary alicyclic amines) is 1. The summed E-state index contributed by atoms with van der Waals surface area (Å²) >= 11 is 0. The number of nitrogens with zero attached hydrogens (tertiary/aromatic N) is 2. The zero-order valence-corrected chi connectivity index (χ0v) is 19.9. The molecule has 0 N–H and O–H groups in total. The number of likely N-dealkylation sites (N-methyl/N-ethyl adjacent to an activating group) is 1. The Morgan fingerprint density at radius 3 is 2.41 bits per heavy atom. The molecule has 5 heteroatoms. The highest BCUT2D eigenvalue weighted by Crippen LogP contribution is 2.53. The number of anilines is 1. The van der Waals surface area contributed by atoms with E-state index in [9.17, 15) is 4.79 Å². The van der Waals surface area contributed by atoms with E-state index >= 15 is 0 Å². The van der Waals surface area contributed by atoms with Crippen LogP contribution in [0.25, 0.3) is 0 Å². The van der Waals surface area contributed by atoms with Crippen LogP contribution >= 0.6 is 0 Å². The first kappa shape index (κ1) is 20.5. The maximum Gasteiger partial charge on any atom is 0.255 e. The molecular weight excluding hydrogens is 376 g/mol. The summed E-state index contributed by atoms with van der Waals surface area (Å²) in [4.78, 5) is 18.2. The fourth-order valence-corrected chi connectivity index (χ4v) is 5.99. The maximum absolute atomic E-state index is 13.8. The number of carbonyl (C=O) groups is 1. The average Bonchev–Trinajstić information content (AvgIpc) is 3.16. The van der Waals surface area contributed by atoms with E-state index in [-0.39, 0.29) is 17.0 Å². The van der Waals surface area contributed by atoms with Gasteiger partial charge in [-0.25, -0.2) is 0 Å². The number of fused-ring (bicyclic) bond motifs is 3. The lowest BCUT2D eigenvalue weighted by Crippen LogP contribution is -2.43. The smallest absolute Gasteiger partial charge is 0.255 e. The molecule has 0 unspecified atom stereocenters. The third-order valence-corrected chi connectivity index (χ3v) is 11.9. The van der Waals surface area contributed by atoms with Crippen LogP contribution in [0.5, 0.6) is 0 Å². The molecule has 2 atom stereocenters. The lowest BCUT2D eigenvalue weighted by atomic mass is 9.94. The first-order chi connectivity index (χ1) is 13.6. The fourth-order valence-electron chi connectivity index (χ4n) is 4.87. The standard InChI is InChI=1S/C24H36N2O2Si/c1-24(2,3)29(5,6)28-20-16-18-17-12-8-9-13-19(17)25(4)22(18)21(20)23(27)26-14-10-7-11-15-26/h8-9,12-13,18,22H,7,10-11,14-16H2,1-6H3/t18-,22+/m0/s1. The molecule has 4 nitrogen and oxygen atoms in total. The zero-order valence-electron chi connectivity index (χ0n) is 18.9. The quantitative estimate of drug-likeness (QED) is 0.633. The van der Waals surface area contributed by atoms with Gasteiger partial charge in [0.15, 0.2) is 0 Å². The summed E-state index contributed by atoms with van der Waals surface area (Å²) in [5.74, 6) is 1.51. The van der Waals surface area contributed by atoms with Crippen molar-refractivity contribution < 1.29 is 9.22 Å². The number of allylic oxidation sites excluding steroid dienone is 1. The summed E-state index contributed by atoms with van der Waals surface area (Å²) in [7, 11) is 0.125. The van der Waals surface area contributed by atoms with Crippen LogP contribution in [-0.2, 0) is 9.22 Å². The third-order valence-electron chi connectivity index (χ3n) is 7.57. The second-order valence-corrected chi connectivity index (χ2v) is 15.2. The lowest BCUT2D eigenvalue weighted by Gasteiger charge is -2.38. The van der Waals surface area contributed by atoms with Gasteiger partial charge in [-0.3, -0.25) is 4.79 Å². The molecule has 0 radical (unpaired) electrons. The van der Waals surface area contributed by atoms with E-state index in [1.54, 1.807) is 0 Å². The number of carbonyl (C=O) groups excluding carboxylic acids is 1. The van der Waals surface area contributed by atoms with Crippen LogP contribution in [0.2, 0.25) is 18.1 Å². The number of para-hydroxylation sites is 1. The minimum Gasteiger partial charge on any atom is -0.546 e. The van der Waals surface area contributed by atoms with E-state index < -0.39 is 8.32 Å². The second-order valence-electron chi connectivity index (χ2n) is 10.5. The number of piperidine rings is 1. The molecule has 1 aliphatic carbocycles. The molecule has 0 spiro atoms. The van der Waals surface area contributed by atoms with E-state index in [4.69, 9.17) is 4.43 Å². The monoisotopic (exact) mass is 412 g/mol. The fraction of sp³-hybridized carbons (Fsp3) is 0.625. The van der Waals surface area contributed by atoms with E-state index in [1.807, 2.05) is 0 Å². The number of rotatable bonds is 3. The molecular formula is C24H36N2O2Si. The van der Waals surface area contributed by atoms with Gasteiger partial charge in [0, 0.05) is 38.2 Å². The van der Waals surface area contributed by atoms with Gasteiger partial charge in [0.05, 0.1) is 17.4 Å². The molecule has 158 valence electrons. The minimum absolute atomic E-state index is 0.0987. The van der Waals surface area contributed by atoms with E-state index in [2.05, 4.69) is 75.0 Å². The van der Waals surface area contributed by atoms with Crippen molar-refractivity contribution in [2.45, 2.75) is 76.5 Å². The van der Waals surface area contributed by atoms with Crippen LogP contribution in [0.3, 0.4) is 0 Å². The molecule has 29 heavy (non-hydrogen) atoms. The van der Waals surface area contributed by atoms with Crippen molar-refractivity contribution >= 4 is 19.9 Å². The molecule has 1 aromatic rings. The Kier molecular flexibility index (Phi) is 5.08. The third kappa shape index (κ3) is 3.41. The molecule has 1 amide bonds. The van der Waals surface area contributed by atoms with E-state index in [0.717, 1.165) is 43.7 Å². The van der Waals surface area contributed by atoms with Crippen LogP contribution in [0.15, 0.2) is 35.6 Å². The van der Waals surface area contributed by atoms with Gasteiger partial charge in [0.25, 0.3) is 5.91 Å². The van der Waals surface area contributed by atoms with Crippen LogP contribution in [0, 0.1) is 0 Å². The van der Waals surface area contributed by atoms with E-state index in [0.29, 0.717) is 5.92 Å². The first-order valence-corrected chi connectivity index (χ1v) is 14.1. The number of hydrogen-bond donors (Lipinski definition) is 0. The topological polar surface area (TPSA) is 32.8 Å². The number of benzene rings is 1. The van der Waals surface area contributed by atoms with Gasteiger partial charge in [-0.1, -0.05) is 39.0 Å². The molecule has 1 fully saturated rings. The average molecular weight is 413 g/mol. The largest absolute Gasteiger partial charge is 0.546 e. The van der Waals surface area contributed by atoms with Crippen molar-refractivity contribution in [2.75, 3.05) is 25.0 Å². The highest BCUT2D eigenvalue weighted by molar-refractivity contribution is 6.74. The molecule has 2 heterocycles. The Bertz CT molecular complexity index is 834. The van der Waals surface area contributed by atoms with Crippen molar-refractivity contribution in [2.24, 2.45) is 0 Å². The van der Waals surface area contributed by atoms with Crippen LogP contribution in [0.4, 0.5) is 5.69 Å². The molecule has 3 aliphatic rings. The molecule has 1 saturated heterocycles. The summed E-state index contributed by atoms with van der Waals surface area (Å²) in [5, 5.41) is 0.112. The van der Waals surface area contributed by atoms with Crippen molar-refractivity contribution in [3.63, 3.8) is 0 Å². The molecule has 4 rings (SSSR count). The molecule has 2 aliphatic heterocycles. The van der Waals surface area contributed by atoms with Gasteiger partial charge in [0.1, 0.15) is 0 Å². The number of hydrogen-bond acceptors (Lipinski definition) is 3. The predicted molar refractivity (Wildman–Crippen MR) is 122 cm³/mol. The van der Waals surface area contributed by atoms with Gasteiger partial charge in [-0.15, -0.1) is 0 Å². The minimum atomic E-state index is -2.02. The van der Waals surface area contributed by atoms with Gasteiger partial charge in [-0.05, 0) is 49.0 Å². The summed E-state index contributed by atoms with van der Waals surface area (Å²) in [6.45, 7) is 13.1. The molecule has 0 aromatic heterocycles. The zero-order chi connectivity index (χ0) is 21.0. The predicted octanol–water partition coefficient (Wildman–Crippen LogP) is 5.28. The molecule has 0 saturated carbocycles. The first-order valence-electron chi connectivity index (χ1n) is 11.1. The Hall–Kier alpha value is -1.75. The van der Waals surface area contributed by atoms with Gasteiger partial charge in [0.2, 0.25) is 8.32 Å². The summed E-state index contributed by atoms with van der Waals surface area (Å²) in [5.41, 5.74) is 3.55. The summed E-state index contributed by atoms with van der Waals surface area (Å²) < 4.78 is 6.83. The Balaban J connectivity index is 1.74. The maximum atomic E-state index is 13.8. The highest BCUT2D eigenvalue weighted by atomic mass is 28.4. The molecule has 0 bridgehead atoms. The molecule has 1 aromatic carbocycles. The Morgan fingerprint density at radius 1 is 1.10 bits per heavy atom. The van der Waals surface area contributed by atoms with Gasteiger partial charge < -0.3 is 14.2 Å². The van der Waals surface area contributed by atoms with Crippen LogP contribution < -0.4 is 4.90 Å². The van der Waals surface area contributed by atoms with Crippen LogP contribution in [0.1, 0.15) is 57.9 Å². The SMILES string of the molecule is CN1c2ccccc2[C@@H]2CC(O[Si](C)(C)C(C)(C)C)=C(C(=O)N3CCCCC3)[C@@H]21.